The van der Waals surface area contributed by atoms with Gasteiger partial charge in [0, 0.05) is 19.5 Å². The number of unbranched alkanes of at least 4 members (excludes halogenated alkanes) is 2. The van der Waals surface area contributed by atoms with E-state index >= 15 is 0 Å². The number of amides is 3. The second kappa shape index (κ2) is 14.8. The van der Waals surface area contributed by atoms with E-state index in [4.69, 9.17) is 9.72 Å². The van der Waals surface area contributed by atoms with E-state index in [1.807, 2.05) is 49.4 Å². The molecule has 5 rings (SSSR count). The number of hydrogen-bond acceptors (Lipinski definition) is 5. The molecule has 3 amide bonds. The van der Waals surface area contributed by atoms with Crippen LogP contribution in [0.15, 0.2) is 78.6 Å². The van der Waals surface area contributed by atoms with Crippen molar-refractivity contribution in [1.82, 2.24) is 19.4 Å². The van der Waals surface area contributed by atoms with Gasteiger partial charge in [-0.25, -0.2) is 14.6 Å². The van der Waals surface area contributed by atoms with E-state index in [0.717, 1.165) is 65.5 Å². The number of urea groups is 1. The van der Waals surface area contributed by atoms with Gasteiger partial charge in [-0.2, -0.15) is 0 Å². The molecule has 1 aliphatic rings. The number of fused-ring (bicyclic) bond motifs is 1. The number of rotatable bonds is 12. The summed E-state index contributed by atoms with van der Waals surface area (Å²) in [5, 5.41) is 2.21. The molecule has 1 fully saturated rings. The van der Waals surface area contributed by atoms with E-state index in [-0.39, 0.29) is 36.9 Å². The van der Waals surface area contributed by atoms with Crippen molar-refractivity contribution >= 4 is 47.2 Å². The zero-order chi connectivity index (χ0) is 30.3. The molecule has 1 saturated heterocycles. The van der Waals surface area contributed by atoms with Crippen molar-refractivity contribution in [2.75, 3.05) is 13.7 Å². The molecule has 0 atom stereocenters. The van der Waals surface area contributed by atoms with Crippen LogP contribution in [0.25, 0.3) is 16.8 Å². The SMILES string of the molecule is CCCCc1ncc(C=C2C(=O)N(CCCC)C(=O)N2Cc2ccc3ccccc3c2)n1Cc1ccc(C(=O)OC)cc1.Cl. The highest BCUT2D eigenvalue weighted by Crippen LogP contribution is 2.28. The zero-order valence-electron chi connectivity index (χ0n) is 25.5. The summed E-state index contributed by atoms with van der Waals surface area (Å²) in [6.07, 6.45) is 8.00. The topological polar surface area (TPSA) is 84.7 Å². The Morgan fingerprint density at radius 3 is 2.27 bits per heavy atom. The maximum Gasteiger partial charge on any atom is 0.337 e. The van der Waals surface area contributed by atoms with Gasteiger partial charge in [0.1, 0.15) is 11.5 Å². The Labute approximate surface area is 264 Å². The standard InChI is InChI=1S/C35H38N4O4.ClH/c1-4-6-12-32-36-22-30(38(32)23-25-13-17-28(18-14-25)34(41)43-3)21-31-33(40)37(19-7-5-2)35(42)39(31)24-26-15-16-27-10-8-9-11-29(27)20-26;/h8-11,13-18,20-22H,4-7,12,19,23-24H2,1-3H3;1H. The highest BCUT2D eigenvalue weighted by Gasteiger charge is 2.40. The molecule has 1 aliphatic heterocycles. The maximum atomic E-state index is 13.7. The molecule has 2 heterocycles. The molecule has 0 radical (unpaired) electrons. The molecular formula is C35H39ClN4O4. The third-order valence-corrected chi connectivity index (χ3v) is 7.83. The minimum Gasteiger partial charge on any atom is -0.465 e. The lowest BCUT2D eigenvalue weighted by Crippen LogP contribution is -2.33. The number of imide groups is 1. The van der Waals surface area contributed by atoms with Crippen molar-refractivity contribution in [3.05, 3.63) is 107 Å². The first-order valence-corrected chi connectivity index (χ1v) is 15.0. The summed E-state index contributed by atoms with van der Waals surface area (Å²) in [5.74, 6) is 0.239. The van der Waals surface area contributed by atoms with Crippen LogP contribution in [-0.2, 0) is 29.0 Å². The number of imidazole rings is 1. The van der Waals surface area contributed by atoms with Gasteiger partial charge < -0.3 is 9.30 Å². The minimum atomic E-state index is -0.383. The summed E-state index contributed by atoms with van der Waals surface area (Å²) in [5.41, 5.74) is 3.51. The zero-order valence-corrected chi connectivity index (χ0v) is 26.3. The fraction of sp³-hybridized carbons (Fsp3) is 0.314. The van der Waals surface area contributed by atoms with E-state index in [1.165, 1.54) is 12.0 Å². The molecule has 230 valence electrons. The molecule has 8 nitrogen and oxygen atoms in total. The van der Waals surface area contributed by atoms with E-state index in [0.29, 0.717) is 24.4 Å². The first-order valence-electron chi connectivity index (χ1n) is 15.0. The lowest BCUT2D eigenvalue weighted by atomic mass is 10.1. The number of aromatic nitrogens is 2. The van der Waals surface area contributed by atoms with Crippen molar-refractivity contribution in [3.63, 3.8) is 0 Å². The summed E-state index contributed by atoms with van der Waals surface area (Å²) in [4.78, 5) is 47.0. The summed E-state index contributed by atoms with van der Waals surface area (Å²) < 4.78 is 6.93. The van der Waals surface area contributed by atoms with Crippen LogP contribution in [0.3, 0.4) is 0 Å². The Hall–Kier alpha value is -4.43. The van der Waals surface area contributed by atoms with Crippen LogP contribution in [-0.4, -0.2) is 50.9 Å². The molecule has 0 aliphatic carbocycles. The van der Waals surface area contributed by atoms with E-state index < -0.39 is 0 Å². The number of esters is 1. The Bertz CT molecular complexity index is 1660. The highest BCUT2D eigenvalue weighted by atomic mass is 35.5. The summed E-state index contributed by atoms with van der Waals surface area (Å²) >= 11 is 0. The van der Waals surface area contributed by atoms with Crippen LogP contribution in [0.2, 0.25) is 0 Å². The van der Waals surface area contributed by atoms with Gasteiger partial charge in [-0.05, 0) is 59.0 Å². The Balaban J connectivity index is 0.00000442. The third kappa shape index (κ3) is 7.03. The van der Waals surface area contributed by atoms with Gasteiger partial charge in [0.2, 0.25) is 0 Å². The molecule has 0 saturated carbocycles. The Kier molecular flexibility index (Phi) is 11.0. The van der Waals surface area contributed by atoms with Crippen LogP contribution in [0.5, 0.6) is 0 Å². The van der Waals surface area contributed by atoms with Crippen molar-refractivity contribution < 1.29 is 19.1 Å². The van der Waals surface area contributed by atoms with Crippen LogP contribution >= 0.6 is 12.4 Å². The molecule has 9 heteroatoms. The highest BCUT2D eigenvalue weighted by molar-refractivity contribution is 6.13. The lowest BCUT2D eigenvalue weighted by molar-refractivity contribution is -0.123. The molecule has 4 aromatic rings. The fourth-order valence-corrected chi connectivity index (χ4v) is 5.36. The van der Waals surface area contributed by atoms with Gasteiger partial charge in [-0.3, -0.25) is 14.6 Å². The molecule has 3 aromatic carbocycles. The number of carbonyl (C=O) groups excluding carboxylic acids is 3. The van der Waals surface area contributed by atoms with Crippen LogP contribution in [0.1, 0.15) is 72.5 Å². The molecule has 0 bridgehead atoms. The number of methoxy groups -OCH3 is 1. The van der Waals surface area contributed by atoms with Crippen molar-refractivity contribution in [2.24, 2.45) is 0 Å². The first kappa shape index (κ1) is 32.5. The van der Waals surface area contributed by atoms with Crippen LogP contribution in [0.4, 0.5) is 4.79 Å². The molecular weight excluding hydrogens is 576 g/mol. The van der Waals surface area contributed by atoms with Crippen molar-refractivity contribution in [2.45, 2.75) is 59.0 Å². The number of carbonyl (C=O) groups is 3. The summed E-state index contributed by atoms with van der Waals surface area (Å²) in [6, 6.07) is 21.2. The second-order valence-corrected chi connectivity index (χ2v) is 10.9. The second-order valence-electron chi connectivity index (χ2n) is 10.9. The quantitative estimate of drug-likeness (QED) is 0.0954. The molecule has 1 aromatic heterocycles. The number of halogens is 1. The van der Waals surface area contributed by atoms with Gasteiger partial charge in [0.05, 0.1) is 31.1 Å². The number of aryl methyl sites for hydroxylation is 1. The summed E-state index contributed by atoms with van der Waals surface area (Å²) in [6.45, 7) is 5.36. The first-order chi connectivity index (χ1) is 20.9. The molecule has 44 heavy (non-hydrogen) atoms. The van der Waals surface area contributed by atoms with Gasteiger partial charge in [-0.15, -0.1) is 12.4 Å². The molecule has 0 N–H and O–H groups in total. The minimum absolute atomic E-state index is 0. The third-order valence-electron chi connectivity index (χ3n) is 7.83. The van der Waals surface area contributed by atoms with E-state index in [9.17, 15) is 14.4 Å². The van der Waals surface area contributed by atoms with Gasteiger partial charge in [0.25, 0.3) is 5.91 Å². The number of ether oxygens (including phenoxy) is 1. The van der Waals surface area contributed by atoms with Crippen LogP contribution in [0, 0.1) is 0 Å². The van der Waals surface area contributed by atoms with E-state index in [2.05, 4.69) is 23.6 Å². The lowest BCUT2D eigenvalue weighted by Gasteiger charge is -2.18. The van der Waals surface area contributed by atoms with Gasteiger partial charge in [0.15, 0.2) is 0 Å². The molecule has 0 spiro atoms. The number of benzene rings is 3. The largest absolute Gasteiger partial charge is 0.465 e. The fourth-order valence-electron chi connectivity index (χ4n) is 5.36. The normalized spacial score (nSPS) is 14.0. The van der Waals surface area contributed by atoms with Gasteiger partial charge in [-0.1, -0.05) is 75.2 Å². The Morgan fingerprint density at radius 2 is 1.57 bits per heavy atom. The Morgan fingerprint density at radius 1 is 0.864 bits per heavy atom. The maximum absolute atomic E-state index is 13.7. The van der Waals surface area contributed by atoms with E-state index in [1.54, 1.807) is 29.3 Å². The van der Waals surface area contributed by atoms with Gasteiger partial charge >= 0.3 is 12.0 Å². The predicted octanol–water partition coefficient (Wildman–Crippen LogP) is 7.24. The predicted molar refractivity (Wildman–Crippen MR) is 174 cm³/mol. The average molecular weight is 615 g/mol. The van der Waals surface area contributed by atoms with Crippen molar-refractivity contribution in [1.29, 1.82) is 0 Å². The number of hydrogen-bond donors (Lipinski definition) is 0. The smallest absolute Gasteiger partial charge is 0.337 e. The van der Waals surface area contributed by atoms with Crippen LogP contribution < -0.4 is 0 Å². The summed E-state index contributed by atoms with van der Waals surface area (Å²) in [7, 11) is 1.36. The molecule has 0 unspecified atom stereocenters. The number of nitrogens with zero attached hydrogens (tertiary/aromatic N) is 4. The average Bonchev–Trinajstić information content (AvgIpc) is 3.51. The van der Waals surface area contributed by atoms with Crippen molar-refractivity contribution in [3.8, 4) is 0 Å². The monoisotopic (exact) mass is 614 g/mol.